The minimum Gasteiger partial charge on any atom is -0.489 e. The number of aryl methyl sites for hydroxylation is 2. The van der Waals surface area contributed by atoms with Crippen molar-refractivity contribution in [2.75, 3.05) is 11.9 Å². The van der Waals surface area contributed by atoms with E-state index in [1.807, 2.05) is 64.1 Å². The van der Waals surface area contributed by atoms with Gasteiger partial charge < -0.3 is 15.0 Å². The molecule has 0 aliphatic carbocycles. The number of carbonyl (C=O) groups excluding carboxylic acids is 3. The van der Waals surface area contributed by atoms with Gasteiger partial charge in [-0.15, -0.1) is 0 Å². The van der Waals surface area contributed by atoms with Crippen LogP contribution in [-0.4, -0.2) is 55.6 Å². The van der Waals surface area contributed by atoms with Crippen LogP contribution in [0, 0.1) is 19.8 Å². The number of H-pyrrole nitrogens is 1. The third kappa shape index (κ3) is 6.57. The summed E-state index contributed by atoms with van der Waals surface area (Å²) in [6, 6.07) is 15.7. The van der Waals surface area contributed by atoms with E-state index in [0.29, 0.717) is 36.4 Å². The summed E-state index contributed by atoms with van der Waals surface area (Å²) in [6.45, 7) is 8.39. The molecule has 4 aromatic rings. The maximum absolute atomic E-state index is 14.3. The molecule has 11 nitrogen and oxygen atoms in total. The fourth-order valence-electron chi connectivity index (χ4n) is 6.06. The summed E-state index contributed by atoms with van der Waals surface area (Å²) in [5.41, 5.74) is 5.42. The van der Waals surface area contributed by atoms with Crippen molar-refractivity contribution in [3.63, 3.8) is 0 Å². The minimum absolute atomic E-state index is 0.0886. The number of benzene rings is 2. The van der Waals surface area contributed by atoms with Gasteiger partial charge in [-0.05, 0) is 86.2 Å². The maximum Gasteiger partial charge on any atom is 0.266 e. The lowest BCUT2D eigenvalue weighted by Gasteiger charge is -2.32. The van der Waals surface area contributed by atoms with Gasteiger partial charge in [0.15, 0.2) is 0 Å². The first-order valence-electron chi connectivity index (χ1n) is 14.7. The molecule has 2 atom stereocenters. The van der Waals surface area contributed by atoms with Gasteiger partial charge in [0.05, 0.1) is 17.1 Å². The highest BCUT2D eigenvalue weighted by atomic mass is 16.5. The third-order valence-electron chi connectivity index (χ3n) is 8.07. The number of amides is 3. The van der Waals surface area contributed by atoms with Gasteiger partial charge in [-0.3, -0.25) is 29.7 Å². The van der Waals surface area contributed by atoms with Crippen molar-refractivity contribution in [2.24, 2.45) is 5.92 Å². The van der Waals surface area contributed by atoms with Gasteiger partial charge in [-0.1, -0.05) is 26.0 Å². The molecule has 230 valence electrons. The van der Waals surface area contributed by atoms with Crippen molar-refractivity contribution in [1.82, 2.24) is 25.6 Å². The van der Waals surface area contributed by atoms with Crippen LogP contribution in [0.15, 0.2) is 60.8 Å². The molecule has 2 aromatic carbocycles. The molecule has 3 heterocycles. The molecule has 0 spiro atoms. The molecule has 1 aliphatic heterocycles. The Kier molecular flexibility index (Phi) is 8.96. The molecule has 1 aliphatic rings. The van der Waals surface area contributed by atoms with Crippen LogP contribution < -0.4 is 15.5 Å². The number of ether oxygens (including phenoxy) is 1. The first-order chi connectivity index (χ1) is 21.1. The molecular formula is C33H38N6O5. The van der Waals surface area contributed by atoms with E-state index in [1.165, 1.54) is 4.90 Å². The van der Waals surface area contributed by atoms with E-state index >= 15 is 0 Å². The Hall–Kier alpha value is -4.77. The number of hydrogen-bond donors (Lipinski definition) is 4. The largest absolute Gasteiger partial charge is 0.489 e. The van der Waals surface area contributed by atoms with E-state index in [0.717, 1.165) is 27.9 Å². The van der Waals surface area contributed by atoms with Gasteiger partial charge in [-0.2, -0.15) is 5.10 Å². The van der Waals surface area contributed by atoms with Crippen molar-refractivity contribution in [3.05, 3.63) is 83.3 Å². The number of aromatic nitrogens is 3. The van der Waals surface area contributed by atoms with Crippen molar-refractivity contribution < 1.29 is 24.3 Å². The highest BCUT2D eigenvalue weighted by molar-refractivity contribution is 6.01. The normalized spacial score (nSPS) is 17.2. The molecule has 44 heavy (non-hydrogen) atoms. The van der Waals surface area contributed by atoms with Gasteiger partial charge in [0.1, 0.15) is 18.4 Å². The topological polar surface area (TPSA) is 150 Å². The zero-order valence-corrected chi connectivity index (χ0v) is 25.4. The fourth-order valence-corrected chi connectivity index (χ4v) is 6.06. The molecule has 2 unspecified atom stereocenters. The zero-order chi connectivity index (χ0) is 31.4. The molecule has 0 bridgehead atoms. The molecule has 2 aromatic heterocycles. The van der Waals surface area contributed by atoms with Gasteiger partial charge in [0, 0.05) is 35.4 Å². The SMILES string of the molecule is Cc1cc(COc2ccc(C3(CC(=O)Nc4ccc5[nH]ncc5c4)CCN(C(CC(C)C)C(=O)NO)C3=O)cc2)cc(C)n1. The molecule has 5 rings (SSSR count). The monoisotopic (exact) mass is 598 g/mol. The third-order valence-corrected chi connectivity index (χ3v) is 8.07. The highest BCUT2D eigenvalue weighted by Gasteiger charge is 2.52. The Bertz CT molecular complexity index is 1650. The van der Waals surface area contributed by atoms with Crippen molar-refractivity contribution in [2.45, 2.75) is 65.0 Å². The van der Waals surface area contributed by atoms with E-state index in [4.69, 9.17) is 4.74 Å². The van der Waals surface area contributed by atoms with Crippen LogP contribution in [0.4, 0.5) is 5.69 Å². The molecular weight excluding hydrogens is 560 g/mol. The number of carbonyl (C=O) groups is 3. The highest BCUT2D eigenvalue weighted by Crippen LogP contribution is 2.41. The summed E-state index contributed by atoms with van der Waals surface area (Å²) >= 11 is 0. The van der Waals surface area contributed by atoms with Gasteiger partial charge in [0.2, 0.25) is 11.8 Å². The molecule has 1 saturated heterocycles. The van der Waals surface area contributed by atoms with Crippen molar-refractivity contribution >= 4 is 34.3 Å². The first-order valence-corrected chi connectivity index (χ1v) is 14.7. The fraction of sp³-hybridized carbons (Fsp3) is 0.364. The predicted molar refractivity (Wildman–Crippen MR) is 165 cm³/mol. The average Bonchev–Trinajstić information content (AvgIpc) is 3.58. The number of nitrogens with zero attached hydrogens (tertiary/aromatic N) is 3. The summed E-state index contributed by atoms with van der Waals surface area (Å²) < 4.78 is 6.03. The minimum atomic E-state index is -1.22. The summed E-state index contributed by atoms with van der Waals surface area (Å²) in [6.07, 6.45) is 2.23. The second kappa shape index (κ2) is 12.8. The smallest absolute Gasteiger partial charge is 0.266 e. The number of hydrogen-bond acceptors (Lipinski definition) is 7. The Morgan fingerprint density at radius 1 is 1.09 bits per heavy atom. The van der Waals surface area contributed by atoms with E-state index in [9.17, 15) is 19.6 Å². The van der Waals surface area contributed by atoms with Crippen molar-refractivity contribution in [1.29, 1.82) is 0 Å². The first kappa shape index (κ1) is 30.7. The molecule has 0 radical (unpaired) electrons. The second-order valence-electron chi connectivity index (χ2n) is 11.9. The number of likely N-dealkylation sites (tertiary alicyclic amines) is 1. The number of aromatic amines is 1. The maximum atomic E-state index is 14.3. The zero-order valence-electron chi connectivity index (χ0n) is 25.4. The van der Waals surface area contributed by atoms with Crippen LogP contribution in [0.2, 0.25) is 0 Å². The number of rotatable bonds is 11. The molecule has 0 saturated carbocycles. The Morgan fingerprint density at radius 2 is 1.82 bits per heavy atom. The quantitative estimate of drug-likeness (QED) is 0.146. The average molecular weight is 599 g/mol. The van der Waals surface area contributed by atoms with Crippen LogP contribution in [-0.2, 0) is 26.4 Å². The van der Waals surface area contributed by atoms with Crippen LogP contribution in [0.3, 0.4) is 0 Å². The Labute approximate surface area is 256 Å². The lowest BCUT2D eigenvalue weighted by Crippen LogP contribution is -2.50. The number of fused-ring (bicyclic) bond motifs is 1. The number of anilines is 1. The summed E-state index contributed by atoms with van der Waals surface area (Å²) in [5, 5.41) is 20.1. The lowest BCUT2D eigenvalue weighted by atomic mass is 9.75. The van der Waals surface area contributed by atoms with E-state index in [2.05, 4.69) is 20.5 Å². The van der Waals surface area contributed by atoms with Crippen LogP contribution in [0.5, 0.6) is 5.75 Å². The van der Waals surface area contributed by atoms with E-state index in [-0.39, 0.29) is 30.7 Å². The molecule has 3 amide bonds. The number of hydroxylamine groups is 1. The van der Waals surface area contributed by atoms with Crippen LogP contribution in [0.25, 0.3) is 10.9 Å². The van der Waals surface area contributed by atoms with Crippen LogP contribution >= 0.6 is 0 Å². The molecule has 11 heteroatoms. The Balaban J connectivity index is 1.41. The van der Waals surface area contributed by atoms with Gasteiger partial charge in [-0.25, -0.2) is 5.48 Å². The predicted octanol–water partition coefficient (Wildman–Crippen LogP) is 4.57. The lowest BCUT2D eigenvalue weighted by molar-refractivity contribution is -0.145. The summed E-state index contributed by atoms with van der Waals surface area (Å²) in [5.74, 6) is -0.604. The Morgan fingerprint density at radius 3 is 2.50 bits per heavy atom. The van der Waals surface area contributed by atoms with Gasteiger partial charge in [0.25, 0.3) is 5.91 Å². The second-order valence-corrected chi connectivity index (χ2v) is 11.9. The van der Waals surface area contributed by atoms with E-state index < -0.39 is 17.4 Å². The summed E-state index contributed by atoms with van der Waals surface area (Å²) in [4.78, 5) is 46.4. The standard InChI is InChI=1S/C33H38N6O5/c1-20(2)13-29(31(41)38-43)39-12-11-33(32(39)42,17-30(40)36-26-7-10-28-24(16-26)18-34-37-28)25-5-8-27(9-6-25)44-19-23-14-21(3)35-22(4)15-23/h5-10,14-16,18,20,29,43H,11-13,17,19H2,1-4H3,(H,34,37)(H,36,40)(H,38,41). The van der Waals surface area contributed by atoms with E-state index in [1.54, 1.807) is 29.9 Å². The summed E-state index contributed by atoms with van der Waals surface area (Å²) in [7, 11) is 0. The molecule has 4 N–H and O–H groups in total. The molecule has 1 fully saturated rings. The van der Waals surface area contributed by atoms with Crippen LogP contribution in [0.1, 0.15) is 55.6 Å². The van der Waals surface area contributed by atoms with Crippen molar-refractivity contribution in [3.8, 4) is 5.75 Å². The number of nitrogens with one attached hydrogen (secondary N) is 3. The number of pyridine rings is 1. The van der Waals surface area contributed by atoms with Gasteiger partial charge >= 0.3 is 0 Å².